The van der Waals surface area contributed by atoms with Gasteiger partial charge in [0.2, 0.25) is 10.0 Å². The summed E-state index contributed by atoms with van der Waals surface area (Å²) in [5, 5.41) is 11.2. The summed E-state index contributed by atoms with van der Waals surface area (Å²) in [6.07, 6.45) is 4.76. The number of nitrogens with zero attached hydrogens (tertiary/aromatic N) is 1. The molecule has 0 bridgehead atoms. The van der Waals surface area contributed by atoms with Gasteiger partial charge in [-0.15, -0.1) is 0 Å². The highest BCUT2D eigenvalue weighted by Crippen LogP contribution is 2.09. The van der Waals surface area contributed by atoms with E-state index >= 15 is 0 Å². The van der Waals surface area contributed by atoms with Crippen LogP contribution in [0.2, 0.25) is 0 Å². The van der Waals surface area contributed by atoms with Crippen molar-refractivity contribution < 1.29 is 23.1 Å². The van der Waals surface area contributed by atoms with E-state index in [0.717, 1.165) is 5.56 Å². The molecule has 0 saturated heterocycles. The molecule has 1 unspecified atom stereocenters. The van der Waals surface area contributed by atoms with Crippen LogP contribution in [0.1, 0.15) is 35.7 Å². The molecule has 2 N–H and O–H groups in total. The minimum Gasteiger partial charge on any atom is -0.480 e. The van der Waals surface area contributed by atoms with Crippen molar-refractivity contribution in [1.29, 1.82) is 0 Å². The van der Waals surface area contributed by atoms with E-state index in [-0.39, 0.29) is 5.75 Å². The van der Waals surface area contributed by atoms with Crippen molar-refractivity contribution in [1.82, 2.24) is 9.62 Å². The first kappa shape index (κ1) is 20.9. The zero-order valence-corrected chi connectivity index (χ0v) is 15.4. The van der Waals surface area contributed by atoms with E-state index in [1.54, 1.807) is 24.3 Å². The Bertz CT molecular complexity index is 741. The Labute approximate surface area is 148 Å². The average Bonchev–Trinajstić information content (AvgIpc) is 2.54. The maximum atomic E-state index is 12.0. The highest BCUT2D eigenvalue weighted by Gasteiger charge is 2.15. The second-order valence-electron chi connectivity index (χ2n) is 5.80. The standard InChI is InChI=1S/C17H24N2O5S/c1-13(17(21)22)18-16(20)15-10-7-9-14(12-15)8-5-4-6-11-25(23,24)19(2)3/h5,7-10,12-13H,4,6,11H2,1-3H3,(H,18,20)(H,21,22). The number of rotatable bonds is 9. The van der Waals surface area contributed by atoms with Crippen LogP contribution in [0.25, 0.3) is 6.08 Å². The Morgan fingerprint density at radius 3 is 2.60 bits per heavy atom. The molecule has 1 aromatic carbocycles. The molecule has 0 heterocycles. The molecule has 0 aliphatic rings. The number of benzene rings is 1. The molecule has 0 fully saturated rings. The largest absolute Gasteiger partial charge is 0.480 e. The van der Waals surface area contributed by atoms with Crippen LogP contribution in [0.15, 0.2) is 30.3 Å². The van der Waals surface area contributed by atoms with E-state index in [9.17, 15) is 18.0 Å². The van der Waals surface area contributed by atoms with E-state index in [2.05, 4.69) is 5.32 Å². The van der Waals surface area contributed by atoms with Crippen LogP contribution < -0.4 is 5.32 Å². The summed E-state index contributed by atoms with van der Waals surface area (Å²) in [6, 6.07) is 5.80. The van der Waals surface area contributed by atoms with Gasteiger partial charge < -0.3 is 10.4 Å². The molecule has 1 rings (SSSR count). The van der Waals surface area contributed by atoms with Crippen molar-refractivity contribution in [2.75, 3.05) is 19.8 Å². The molecule has 1 atom stereocenters. The molecule has 25 heavy (non-hydrogen) atoms. The zero-order valence-electron chi connectivity index (χ0n) is 14.6. The van der Waals surface area contributed by atoms with Gasteiger partial charge in [-0.3, -0.25) is 9.59 Å². The first-order valence-electron chi connectivity index (χ1n) is 7.84. The van der Waals surface area contributed by atoms with Gasteiger partial charge in [0.05, 0.1) is 5.75 Å². The predicted octanol–water partition coefficient (Wildman–Crippen LogP) is 1.57. The van der Waals surface area contributed by atoms with Crippen molar-refractivity contribution in [3.05, 3.63) is 41.5 Å². The minimum atomic E-state index is -3.18. The molecule has 8 heteroatoms. The van der Waals surface area contributed by atoms with Crippen LogP contribution >= 0.6 is 0 Å². The van der Waals surface area contributed by atoms with E-state index in [0.29, 0.717) is 18.4 Å². The summed E-state index contributed by atoms with van der Waals surface area (Å²) in [4.78, 5) is 22.8. The molecule has 0 aliphatic carbocycles. The normalized spacial score (nSPS) is 13.1. The number of aliphatic carboxylic acids is 1. The zero-order chi connectivity index (χ0) is 19.0. The Kier molecular flexibility index (Phi) is 7.79. The Morgan fingerprint density at radius 2 is 2.00 bits per heavy atom. The molecule has 1 aromatic rings. The Balaban J connectivity index is 2.60. The summed E-state index contributed by atoms with van der Waals surface area (Å²) in [7, 11) is -0.168. The topological polar surface area (TPSA) is 104 Å². The predicted molar refractivity (Wildman–Crippen MR) is 96.7 cm³/mol. The van der Waals surface area contributed by atoms with Crippen molar-refractivity contribution in [3.63, 3.8) is 0 Å². The maximum Gasteiger partial charge on any atom is 0.325 e. The van der Waals surface area contributed by atoms with Gasteiger partial charge in [-0.05, 0) is 37.5 Å². The smallest absolute Gasteiger partial charge is 0.325 e. The number of carboxylic acid groups (broad SMARTS) is 1. The fourth-order valence-corrected chi connectivity index (χ4v) is 2.81. The summed E-state index contributed by atoms with van der Waals surface area (Å²) in [5.41, 5.74) is 1.15. The van der Waals surface area contributed by atoms with E-state index in [4.69, 9.17) is 5.11 Å². The molecular weight excluding hydrogens is 344 g/mol. The van der Waals surface area contributed by atoms with Gasteiger partial charge in [0, 0.05) is 19.7 Å². The SMILES string of the molecule is CC(NC(=O)c1cccc(C=CCCCS(=O)(=O)N(C)C)c1)C(=O)O. The Hall–Kier alpha value is -2.19. The van der Waals surface area contributed by atoms with Crippen molar-refractivity contribution >= 4 is 28.0 Å². The number of carboxylic acids is 1. The first-order valence-corrected chi connectivity index (χ1v) is 9.45. The average molecular weight is 368 g/mol. The molecule has 138 valence electrons. The van der Waals surface area contributed by atoms with Gasteiger partial charge in [0.1, 0.15) is 6.04 Å². The van der Waals surface area contributed by atoms with Gasteiger partial charge >= 0.3 is 5.97 Å². The highest BCUT2D eigenvalue weighted by molar-refractivity contribution is 7.89. The van der Waals surface area contributed by atoms with Crippen LogP contribution in [0, 0.1) is 0 Å². The maximum absolute atomic E-state index is 12.0. The third kappa shape index (κ3) is 7.06. The lowest BCUT2D eigenvalue weighted by atomic mass is 10.1. The number of sulfonamides is 1. The number of allylic oxidation sites excluding steroid dienone is 1. The molecule has 1 amide bonds. The third-order valence-electron chi connectivity index (χ3n) is 3.51. The van der Waals surface area contributed by atoms with Gasteiger partial charge in [-0.1, -0.05) is 24.3 Å². The number of hydrogen-bond acceptors (Lipinski definition) is 4. The number of carbonyl (C=O) groups excluding carboxylic acids is 1. The quantitative estimate of drug-likeness (QED) is 0.644. The highest BCUT2D eigenvalue weighted by atomic mass is 32.2. The number of amides is 1. The van der Waals surface area contributed by atoms with Crippen molar-refractivity contribution in [3.8, 4) is 0 Å². The number of nitrogens with one attached hydrogen (secondary N) is 1. The molecular formula is C17H24N2O5S. The summed E-state index contributed by atoms with van der Waals surface area (Å²) in [6.45, 7) is 1.39. The Morgan fingerprint density at radius 1 is 1.32 bits per heavy atom. The van der Waals surface area contributed by atoms with Crippen LogP contribution in [0.3, 0.4) is 0 Å². The van der Waals surface area contributed by atoms with E-state index in [1.165, 1.54) is 25.3 Å². The van der Waals surface area contributed by atoms with Gasteiger partial charge in [-0.2, -0.15) is 0 Å². The van der Waals surface area contributed by atoms with Crippen LogP contribution in [-0.4, -0.2) is 55.6 Å². The monoisotopic (exact) mass is 368 g/mol. The lowest BCUT2D eigenvalue weighted by Crippen LogP contribution is -2.38. The first-order chi connectivity index (χ1) is 11.6. The van der Waals surface area contributed by atoms with Gasteiger partial charge in [-0.25, -0.2) is 12.7 Å². The molecule has 0 radical (unpaired) electrons. The molecule has 0 aliphatic heterocycles. The van der Waals surface area contributed by atoms with Crippen LogP contribution in [0.4, 0.5) is 0 Å². The van der Waals surface area contributed by atoms with E-state index in [1.807, 2.05) is 12.1 Å². The summed E-state index contributed by atoms with van der Waals surface area (Å²) in [5.74, 6) is -1.47. The third-order valence-corrected chi connectivity index (χ3v) is 5.42. The molecule has 7 nitrogen and oxygen atoms in total. The fraction of sp³-hybridized carbons (Fsp3) is 0.412. The van der Waals surface area contributed by atoms with Crippen molar-refractivity contribution in [2.45, 2.75) is 25.8 Å². The lowest BCUT2D eigenvalue weighted by Gasteiger charge is -2.10. The van der Waals surface area contributed by atoms with Crippen LogP contribution in [0.5, 0.6) is 0 Å². The van der Waals surface area contributed by atoms with Gasteiger partial charge in [0.25, 0.3) is 5.91 Å². The van der Waals surface area contributed by atoms with Crippen molar-refractivity contribution in [2.24, 2.45) is 0 Å². The number of carbonyl (C=O) groups is 2. The van der Waals surface area contributed by atoms with Crippen LogP contribution in [-0.2, 0) is 14.8 Å². The molecule has 0 aromatic heterocycles. The fourth-order valence-electron chi connectivity index (χ4n) is 1.91. The molecule has 0 spiro atoms. The minimum absolute atomic E-state index is 0.0832. The second-order valence-corrected chi connectivity index (χ2v) is 8.10. The number of unbranched alkanes of at least 4 members (excludes halogenated alkanes) is 1. The second kappa shape index (κ2) is 9.33. The summed E-state index contributed by atoms with van der Waals surface area (Å²) >= 11 is 0. The number of hydrogen-bond donors (Lipinski definition) is 2. The summed E-state index contributed by atoms with van der Waals surface area (Å²) < 4.78 is 24.5. The van der Waals surface area contributed by atoms with E-state index < -0.39 is 27.9 Å². The van der Waals surface area contributed by atoms with Gasteiger partial charge in [0.15, 0.2) is 0 Å². The lowest BCUT2D eigenvalue weighted by molar-refractivity contribution is -0.138. The molecule has 0 saturated carbocycles.